The summed E-state index contributed by atoms with van der Waals surface area (Å²) < 4.78 is 16.5. The minimum Gasteiger partial charge on any atom is -0.489 e. The van der Waals surface area contributed by atoms with E-state index in [9.17, 15) is 9.59 Å². The highest BCUT2D eigenvalue weighted by molar-refractivity contribution is 6.04. The van der Waals surface area contributed by atoms with Gasteiger partial charge in [0.1, 0.15) is 12.4 Å². The summed E-state index contributed by atoms with van der Waals surface area (Å²) in [5, 5.41) is 5.63. The highest BCUT2D eigenvalue weighted by atomic mass is 16.7. The van der Waals surface area contributed by atoms with Crippen LogP contribution in [0.4, 0.5) is 5.69 Å². The van der Waals surface area contributed by atoms with E-state index in [1.54, 1.807) is 18.2 Å². The fourth-order valence-corrected chi connectivity index (χ4v) is 3.08. The summed E-state index contributed by atoms with van der Waals surface area (Å²) >= 11 is 0. The number of ether oxygens (including phenoxy) is 3. The molecular formula is C24H22N2O5. The molecule has 1 heterocycles. The Balaban J connectivity index is 1.34. The molecular weight excluding hydrogens is 396 g/mol. The van der Waals surface area contributed by atoms with Crippen LogP contribution in [0.5, 0.6) is 17.2 Å². The lowest BCUT2D eigenvalue weighted by atomic mass is 10.1. The molecule has 0 saturated carbocycles. The summed E-state index contributed by atoms with van der Waals surface area (Å²) in [4.78, 5) is 23.6. The van der Waals surface area contributed by atoms with E-state index in [-0.39, 0.29) is 18.6 Å². The third-order valence-electron chi connectivity index (χ3n) is 4.69. The van der Waals surface area contributed by atoms with Crippen molar-refractivity contribution in [3.63, 3.8) is 0 Å². The summed E-state index contributed by atoms with van der Waals surface area (Å²) in [6, 6.07) is 20.0. The molecule has 2 amide bonds. The van der Waals surface area contributed by atoms with Gasteiger partial charge in [-0.25, -0.2) is 0 Å². The molecule has 0 unspecified atom stereocenters. The predicted molar refractivity (Wildman–Crippen MR) is 115 cm³/mol. The Morgan fingerprint density at radius 2 is 1.74 bits per heavy atom. The first-order valence-corrected chi connectivity index (χ1v) is 9.83. The van der Waals surface area contributed by atoms with Crippen LogP contribution in [0.15, 0.2) is 66.7 Å². The van der Waals surface area contributed by atoms with Crippen molar-refractivity contribution in [1.82, 2.24) is 5.32 Å². The molecule has 4 rings (SSSR count). The second-order valence-corrected chi connectivity index (χ2v) is 7.06. The minimum atomic E-state index is -0.208. The van der Waals surface area contributed by atoms with Gasteiger partial charge >= 0.3 is 0 Å². The second-order valence-electron chi connectivity index (χ2n) is 7.06. The normalized spacial score (nSPS) is 11.6. The van der Waals surface area contributed by atoms with Crippen molar-refractivity contribution in [3.05, 3.63) is 83.4 Å². The number of benzene rings is 3. The topological polar surface area (TPSA) is 85.9 Å². The van der Waals surface area contributed by atoms with E-state index < -0.39 is 0 Å². The Morgan fingerprint density at radius 1 is 0.935 bits per heavy atom. The van der Waals surface area contributed by atoms with Gasteiger partial charge in [-0.05, 0) is 47.5 Å². The fraction of sp³-hybridized carbons (Fsp3) is 0.167. The van der Waals surface area contributed by atoms with Crippen molar-refractivity contribution in [2.75, 3.05) is 12.1 Å². The van der Waals surface area contributed by atoms with Crippen molar-refractivity contribution in [1.29, 1.82) is 0 Å². The molecule has 0 saturated heterocycles. The number of hydrogen-bond acceptors (Lipinski definition) is 5. The van der Waals surface area contributed by atoms with Crippen LogP contribution in [-0.2, 0) is 17.9 Å². The van der Waals surface area contributed by atoms with Crippen molar-refractivity contribution in [3.8, 4) is 17.2 Å². The number of nitrogens with one attached hydrogen (secondary N) is 2. The molecule has 0 bridgehead atoms. The molecule has 31 heavy (non-hydrogen) atoms. The standard InChI is InChI=1S/C24H22N2O5/c1-16(27)25-13-17-5-7-19(8-6-17)24(28)26-20-4-2-3-18(11-20)14-29-21-9-10-22-23(12-21)31-15-30-22/h2-12H,13-15H2,1H3,(H,25,27)(H,26,28). The molecule has 0 aliphatic carbocycles. The minimum absolute atomic E-state index is 0.0933. The molecule has 3 aromatic carbocycles. The van der Waals surface area contributed by atoms with E-state index in [4.69, 9.17) is 14.2 Å². The summed E-state index contributed by atoms with van der Waals surface area (Å²) in [5.41, 5.74) is 3.06. The van der Waals surface area contributed by atoms with Crippen LogP contribution >= 0.6 is 0 Å². The predicted octanol–water partition coefficient (Wildman–Crippen LogP) is 3.88. The third-order valence-corrected chi connectivity index (χ3v) is 4.69. The monoisotopic (exact) mass is 418 g/mol. The van der Waals surface area contributed by atoms with Gasteiger partial charge < -0.3 is 24.8 Å². The average Bonchev–Trinajstić information content (AvgIpc) is 3.25. The fourth-order valence-electron chi connectivity index (χ4n) is 3.08. The summed E-state index contributed by atoms with van der Waals surface area (Å²) in [7, 11) is 0. The maximum atomic E-state index is 12.6. The van der Waals surface area contributed by atoms with Gasteiger partial charge in [0, 0.05) is 30.8 Å². The van der Waals surface area contributed by atoms with E-state index in [0.29, 0.717) is 41.7 Å². The Bertz CT molecular complexity index is 1100. The number of carbonyl (C=O) groups is 2. The van der Waals surface area contributed by atoms with Crippen LogP contribution in [-0.4, -0.2) is 18.6 Å². The molecule has 0 spiro atoms. The molecule has 7 nitrogen and oxygen atoms in total. The van der Waals surface area contributed by atoms with Crippen LogP contribution in [0.3, 0.4) is 0 Å². The first-order chi connectivity index (χ1) is 15.1. The molecule has 0 radical (unpaired) electrons. The summed E-state index contributed by atoms with van der Waals surface area (Å²) in [6.07, 6.45) is 0. The number of amides is 2. The van der Waals surface area contributed by atoms with Gasteiger partial charge in [0.2, 0.25) is 12.7 Å². The molecule has 0 aromatic heterocycles. The van der Waals surface area contributed by atoms with Crippen molar-refractivity contribution < 1.29 is 23.8 Å². The number of fused-ring (bicyclic) bond motifs is 1. The van der Waals surface area contributed by atoms with Gasteiger partial charge in [-0.3, -0.25) is 9.59 Å². The van der Waals surface area contributed by atoms with Crippen molar-refractivity contribution >= 4 is 17.5 Å². The zero-order valence-corrected chi connectivity index (χ0v) is 17.0. The maximum absolute atomic E-state index is 12.6. The van der Waals surface area contributed by atoms with Crippen LogP contribution in [0.1, 0.15) is 28.4 Å². The molecule has 2 N–H and O–H groups in total. The van der Waals surface area contributed by atoms with E-state index >= 15 is 0 Å². The van der Waals surface area contributed by atoms with Gasteiger partial charge in [0.25, 0.3) is 5.91 Å². The molecule has 1 aliphatic heterocycles. The van der Waals surface area contributed by atoms with Gasteiger partial charge in [-0.15, -0.1) is 0 Å². The lowest BCUT2D eigenvalue weighted by Gasteiger charge is -2.10. The number of hydrogen-bond donors (Lipinski definition) is 2. The van der Waals surface area contributed by atoms with Crippen LogP contribution in [0.2, 0.25) is 0 Å². The van der Waals surface area contributed by atoms with Gasteiger partial charge in [-0.1, -0.05) is 24.3 Å². The van der Waals surface area contributed by atoms with Crippen molar-refractivity contribution in [2.45, 2.75) is 20.1 Å². The molecule has 0 atom stereocenters. The van der Waals surface area contributed by atoms with E-state index in [0.717, 1.165) is 11.1 Å². The Hall–Kier alpha value is -4.00. The van der Waals surface area contributed by atoms with Crippen molar-refractivity contribution in [2.24, 2.45) is 0 Å². The molecule has 0 fully saturated rings. The average molecular weight is 418 g/mol. The SMILES string of the molecule is CC(=O)NCc1ccc(C(=O)Nc2cccc(COc3ccc4c(c3)OCO4)c2)cc1. The highest BCUT2D eigenvalue weighted by Crippen LogP contribution is 2.35. The quantitative estimate of drug-likeness (QED) is 0.608. The summed E-state index contributed by atoms with van der Waals surface area (Å²) in [6.45, 7) is 2.47. The number of anilines is 1. The largest absolute Gasteiger partial charge is 0.489 e. The Kier molecular flexibility index (Phi) is 6.03. The summed E-state index contributed by atoms with van der Waals surface area (Å²) in [5.74, 6) is 1.75. The van der Waals surface area contributed by atoms with E-state index in [2.05, 4.69) is 10.6 Å². The Labute approximate surface area is 179 Å². The van der Waals surface area contributed by atoms with Gasteiger partial charge in [-0.2, -0.15) is 0 Å². The molecule has 3 aromatic rings. The molecule has 7 heteroatoms. The molecule has 1 aliphatic rings. The van der Waals surface area contributed by atoms with Crippen LogP contribution in [0.25, 0.3) is 0 Å². The zero-order valence-electron chi connectivity index (χ0n) is 17.0. The van der Waals surface area contributed by atoms with E-state index in [1.165, 1.54) is 6.92 Å². The third kappa shape index (κ3) is 5.33. The first kappa shape index (κ1) is 20.3. The second kappa shape index (κ2) is 9.21. The lowest BCUT2D eigenvalue weighted by molar-refractivity contribution is -0.119. The number of carbonyl (C=O) groups excluding carboxylic acids is 2. The van der Waals surface area contributed by atoms with E-state index in [1.807, 2.05) is 48.5 Å². The number of rotatable bonds is 7. The smallest absolute Gasteiger partial charge is 0.255 e. The van der Waals surface area contributed by atoms with Crippen LogP contribution in [0, 0.1) is 0 Å². The zero-order chi connectivity index (χ0) is 21.6. The Morgan fingerprint density at radius 3 is 2.55 bits per heavy atom. The molecule has 158 valence electrons. The highest BCUT2D eigenvalue weighted by Gasteiger charge is 2.14. The first-order valence-electron chi connectivity index (χ1n) is 9.83. The van der Waals surface area contributed by atoms with Gasteiger partial charge in [0.15, 0.2) is 11.5 Å². The van der Waals surface area contributed by atoms with Gasteiger partial charge in [0.05, 0.1) is 0 Å². The lowest BCUT2D eigenvalue weighted by Crippen LogP contribution is -2.19. The maximum Gasteiger partial charge on any atom is 0.255 e. The van der Waals surface area contributed by atoms with Crippen LogP contribution < -0.4 is 24.8 Å².